The van der Waals surface area contributed by atoms with Gasteiger partial charge < -0.3 is 9.64 Å². The van der Waals surface area contributed by atoms with Crippen LogP contribution >= 0.6 is 0 Å². The number of ether oxygens (including phenoxy) is 1. The second-order valence-corrected chi connectivity index (χ2v) is 8.37. The lowest BCUT2D eigenvalue weighted by Crippen LogP contribution is -2.30. The van der Waals surface area contributed by atoms with Gasteiger partial charge in [-0.05, 0) is 30.5 Å². The van der Waals surface area contributed by atoms with E-state index in [0.717, 1.165) is 59.0 Å². The summed E-state index contributed by atoms with van der Waals surface area (Å²) in [5.74, 6) is 0.576. The van der Waals surface area contributed by atoms with Gasteiger partial charge in [-0.1, -0.05) is 72.8 Å². The van der Waals surface area contributed by atoms with Crippen LogP contribution in [0.25, 0.3) is 22.5 Å². The molecule has 35 heavy (non-hydrogen) atoms. The van der Waals surface area contributed by atoms with Crippen molar-refractivity contribution in [3.8, 4) is 28.3 Å². The molecule has 4 aromatic rings. The Morgan fingerprint density at radius 1 is 0.886 bits per heavy atom. The van der Waals surface area contributed by atoms with Crippen molar-refractivity contribution in [3.05, 3.63) is 101 Å². The molecule has 0 radical (unpaired) electrons. The van der Waals surface area contributed by atoms with Gasteiger partial charge in [0.15, 0.2) is 12.4 Å². The summed E-state index contributed by atoms with van der Waals surface area (Å²) >= 11 is 0. The van der Waals surface area contributed by atoms with Crippen LogP contribution in [0.5, 0.6) is 5.75 Å². The first kappa shape index (κ1) is 22.4. The second-order valence-electron chi connectivity index (χ2n) is 8.37. The van der Waals surface area contributed by atoms with E-state index >= 15 is 0 Å². The van der Waals surface area contributed by atoms with Gasteiger partial charge in [0.05, 0.1) is 17.1 Å². The summed E-state index contributed by atoms with van der Waals surface area (Å²) in [7, 11) is 0. The zero-order valence-corrected chi connectivity index (χ0v) is 19.1. The maximum absolute atomic E-state index is 11.2. The Balaban J connectivity index is 1.49. The van der Waals surface area contributed by atoms with Crippen molar-refractivity contribution in [1.29, 1.82) is 0 Å². The number of fused-ring (bicyclic) bond motifs is 1. The van der Waals surface area contributed by atoms with E-state index in [9.17, 15) is 9.70 Å². The second kappa shape index (κ2) is 10.3. The Hall–Kier alpha value is -4.39. The zero-order valence-electron chi connectivity index (χ0n) is 19.1. The van der Waals surface area contributed by atoms with Crippen LogP contribution in [0.2, 0.25) is 0 Å². The number of aromatic nitrogens is 2. The molecular weight excluding hydrogens is 440 g/mol. The number of aryl methyl sites for hydroxylation is 1. The van der Waals surface area contributed by atoms with E-state index in [-0.39, 0.29) is 6.61 Å². The molecule has 0 N–H and O–H groups in total. The molecule has 0 saturated carbocycles. The van der Waals surface area contributed by atoms with Crippen LogP contribution in [0.3, 0.4) is 0 Å². The highest BCUT2D eigenvalue weighted by atomic mass is 16.5. The van der Waals surface area contributed by atoms with Gasteiger partial charge in [0.2, 0.25) is 0 Å². The quantitative estimate of drug-likeness (QED) is 0.339. The molecule has 0 aliphatic carbocycles. The van der Waals surface area contributed by atoms with Gasteiger partial charge in [-0.2, -0.15) is 0 Å². The lowest BCUT2D eigenvalue weighted by atomic mass is 10.0. The molecule has 1 aliphatic heterocycles. The Bertz CT molecular complexity index is 1340. The van der Waals surface area contributed by atoms with Crippen molar-refractivity contribution in [2.75, 3.05) is 18.1 Å². The molecule has 1 aliphatic rings. The highest BCUT2D eigenvalue weighted by Crippen LogP contribution is 2.35. The molecule has 0 fully saturated rings. The topological polar surface area (TPSA) is 84.8 Å². The number of benzene rings is 3. The molecule has 0 saturated heterocycles. The highest BCUT2D eigenvalue weighted by Gasteiger charge is 2.24. The van der Waals surface area contributed by atoms with Gasteiger partial charge in [-0.25, -0.2) is 9.97 Å². The number of hydrogen-bond acceptors (Lipinski definition) is 6. The molecule has 0 bridgehead atoms. The predicted molar refractivity (Wildman–Crippen MR) is 135 cm³/mol. The number of amides is 1. The number of carbonyl (C=O) groups excluding carboxylic acids is 1. The average molecular weight is 465 g/mol. The van der Waals surface area contributed by atoms with Crippen LogP contribution in [0.1, 0.15) is 17.7 Å². The zero-order chi connectivity index (χ0) is 24.0. The maximum Gasteiger partial charge on any atom is 0.323 e. The van der Waals surface area contributed by atoms with E-state index in [2.05, 4.69) is 34.3 Å². The van der Waals surface area contributed by atoms with Gasteiger partial charge in [0.25, 0.3) is 0 Å². The first-order chi connectivity index (χ1) is 17.2. The summed E-state index contributed by atoms with van der Waals surface area (Å²) in [6, 6.07) is 27.8. The van der Waals surface area contributed by atoms with E-state index in [0.29, 0.717) is 12.3 Å². The standard InChI is InChI=1S/C28H24N4O3/c33-25(31-34)19-35-23-14-7-9-20(17-23)18-32-16-8-15-24-28(32)30-27(22-12-5-2-6-13-22)26(29-24)21-10-3-1-4-11-21/h1-7,9-14,17H,8,15-16,18-19H2. The highest BCUT2D eigenvalue weighted by molar-refractivity contribution is 5.79. The van der Waals surface area contributed by atoms with E-state index in [4.69, 9.17) is 14.7 Å². The molecular formula is C28H24N4O3. The van der Waals surface area contributed by atoms with Crippen molar-refractivity contribution in [2.24, 2.45) is 5.18 Å². The number of rotatable bonds is 7. The number of hydrogen-bond donors (Lipinski definition) is 0. The van der Waals surface area contributed by atoms with E-state index in [1.165, 1.54) is 0 Å². The summed E-state index contributed by atoms with van der Waals surface area (Å²) < 4.78 is 5.41. The van der Waals surface area contributed by atoms with Crippen LogP contribution in [0.15, 0.2) is 90.1 Å². The monoisotopic (exact) mass is 464 g/mol. The molecule has 1 amide bonds. The summed E-state index contributed by atoms with van der Waals surface area (Å²) in [5, 5.41) is 2.37. The number of anilines is 1. The first-order valence-corrected chi connectivity index (χ1v) is 11.6. The summed E-state index contributed by atoms with van der Waals surface area (Å²) in [4.78, 5) is 34.0. The fourth-order valence-corrected chi connectivity index (χ4v) is 4.30. The maximum atomic E-state index is 11.2. The van der Waals surface area contributed by atoms with Crippen molar-refractivity contribution in [1.82, 2.24) is 9.97 Å². The number of carbonyl (C=O) groups is 1. The molecule has 0 atom stereocenters. The van der Waals surface area contributed by atoms with Crippen molar-refractivity contribution in [3.63, 3.8) is 0 Å². The van der Waals surface area contributed by atoms with Crippen LogP contribution in [-0.2, 0) is 17.8 Å². The largest absolute Gasteiger partial charge is 0.484 e. The van der Waals surface area contributed by atoms with E-state index in [1.54, 1.807) is 6.07 Å². The van der Waals surface area contributed by atoms with Gasteiger partial charge >= 0.3 is 5.91 Å². The molecule has 7 heteroatoms. The van der Waals surface area contributed by atoms with Crippen LogP contribution in [0, 0.1) is 4.91 Å². The first-order valence-electron chi connectivity index (χ1n) is 11.6. The van der Waals surface area contributed by atoms with Crippen LogP contribution in [-0.4, -0.2) is 29.0 Å². The summed E-state index contributed by atoms with van der Waals surface area (Å²) in [6.45, 7) is 1.12. The third-order valence-corrected chi connectivity index (χ3v) is 5.92. The third-order valence-electron chi connectivity index (χ3n) is 5.92. The van der Waals surface area contributed by atoms with Gasteiger partial charge in [0, 0.05) is 29.4 Å². The van der Waals surface area contributed by atoms with Gasteiger partial charge in [0.1, 0.15) is 5.75 Å². The van der Waals surface area contributed by atoms with E-state index < -0.39 is 5.91 Å². The lowest BCUT2D eigenvalue weighted by Gasteiger charge is -2.30. The normalized spacial score (nSPS) is 12.6. The number of nitrogens with zero attached hydrogens (tertiary/aromatic N) is 4. The van der Waals surface area contributed by atoms with Gasteiger partial charge in [-0.15, -0.1) is 4.91 Å². The number of nitroso groups, excluding NO2 is 1. The van der Waals surface area contributed by atoms with Crippen molar-refractivity contribution < 1.29 is 9.53 Å². The minimum atomic E-state index is -0.835. The van der Waals surface area contributed by atoms with Crippen molar-refractivity contribution in [2.45, 2.75) is 19.4 Å². The molecule has 7 nitrogen and oxygen atoms in total. The fraction of sp³-hybridized carbons (Fsp3) is 0.179. The Morgan fingerprint density at radius 3 is 2.26 bits per heavy atom. The fourth-order valence-electron chi connectivity index (χ4n) is 4.30. The Morgan fingerprint density at radius 2 is 1.57 bits per heavy atom. The van der Waals surface area contributed by atoms with E-state index in [1.807, 2.05) is 54.6 Å². The minimum absolute atomic E-state index is 0.367. The lowest BCUT2D eigenvalue weighted by molar-refractivity contribution is -0.119. The minimum Gasteiger partial charge on any atom is -0.484 e. The Kier molecular flexibility index (Phi) is 6.57. The SMILES string of the molecule is O=NC(=O)COc1cccc(CN2CCCc3nc(-c4ccccc4)c(-c4ccccc4)nc32)c1. The predicted octanol–water partition coefficient (Wildman–Crippen LogP) is 5.44. The average Bonchev–Trinajstić information content (AvgIpc) is 2.92. The van der Waals surface area contributed by atoms with Gasteiger partial charge in [-0.3, -0.25) is 4.79 Å². The Labute approximate surface area is 203 Å². The smallest absolute Gasteiger partial charge is 0.323 e. The molecule has 174 valence electrons. The van der Waals surface area contributed by atoms with Crippen LogP contribution in [0.4, 0.5) is 5.82 Å². The molecule has 3 aromatic carbocycles. The molecule has 0 unspecified atom stereocenters. The molecule has 2 heterocycles. The third kappa shape index (κ3) is 5.09. The van der Waals surface area contributed by atoms with Crippen LogP contribution < -0.4 is 9.64 Å². The summed E-state index contributed by atoms with van der Waals surface area (Å²) in [6.07, 6.45) is 1.86. The summed E-state index contributed by atoms with van der Waals surface area (Å²) in [5.41, 5.74) is 5.82. The molecule has 5 rings (SSSR count). The molecule has 1 aromatic heterocycles. The van der Waals surface area contributed by atoms with Crippen molar-refractivity contribution >= 4 is 11.7 Å². The molecule has 0 spiro atoms.